The number of nitrogens with two attached hydrogens (primary N) is 1. The maximum absolute atomic E-state index is 13.0. The molecule has 37 heavy (non-hydrogen) atoms. The number of ether oxygens (including phenoxy) is 1. The lowest BCUT2D eigenvalue weighted by atomic mass is 10.1. The van der Waals surface area contributed by atoms with Crippen LogP contribution in [-0.4, -0.2) is 49.8 Å². The van der Waals surface area contributed by atoms with Gasteiger partial charge in [-0.25, -0.2) is 24.6 Å². The van der Waals surface area contributed by atoms with Crippen molar-refractivity contribution >= 4 is 52.0 Å². The number of nitrogens with zero attached hydrogens (tertiary/aromatic N) is 5. The van der Waals surface area contributed by atoms with E-state index in [1.165, 1.54) is 31.5 Å². The van der Waals surface area contributed by atoms with Crippen LogP contribution in [0, 0.1) is 0 Å². The Morgan fingerprint density at radius 1 is 1.00 bits per heavy atom. The number of esters is 1. The number of anilines is 3. The number of aryl methyl sites for hydroxylation is 1. The Hall–Kier alpha value is -5.13. The third-order valence-corrected chi connectivity index (χ3v) is 5.77. The van der Waals surface area contributed by atoms with Crippen LogP contribution in [0.25, 0.3) is 11.2 Å². The molecular weight excluding hydrogens is 478 g/mol. The summed E-state index contributed by atoms with van der Waals surface area (Å²) in [6.07, 6.45) is 3.45. The van der Waals surface area contributed by atoms with Gasteiger partial charge in [0.2, 0.25) is 5.91 Å². The van der Waals surface area contributed by atoms with Gasteiger partial charge in [0.15, 0.2) is 11.5 Å². The topological polar surface area (TPSA) is 162 Å². The second-order valence-corrected chi connectivity index (χ2v) is 8.29. The second-order valence-electron chi connectivity index (χ2n) is 8.29. The van der Waals surface area contributed by atoms with Crippen LogP contribution in [0.4, 0.5) is 17.2 Å². The minimum absolute atomic E-state index is 0.118. The van der Waals surface area contributed by atoms with E-state index < -0.39 is 17.8 Å². The van der Waals surface area contributed by atoms with E-state index in [1.807, 2.05) is 0 Å². The van der Waals surface area contributed by atoms with Crippen LogP contribution in [0.15, 0.2) is 55.1 Å². The molecule has 0 atom stereocenters. The molecule has 5 rings (SSSR count). The highest BCUT2D eigenvalue weighted by molar-refractivity contribution is 6.34. The van der Waals surface area contributed by atoms with E-state index in [4.69, 9.17) is 10.5 Å². The van der Waals surface area contributed by atoms with Gasteiger partial charge in [-0.15, -0.1) is 0 Å². The van der Waals surface area contributed by atoms with E-state index in [2.05, 4.69) is 20.3 Å². The summed E-state index contributed by atoms with van der Waals surface area (Å²) in [4.78, 5) is 63.0. The number of fused-ring (bicyclic) bond motifs is 2. The van der Waals surface area contributed by atoms with Crippen molar-refractivity contribution < 1.29 is 23.9 Å². The molecule has 0 saturated carbocycles. The molecule has 2 aromatic heterocycles. The highest BCUT2D eigenvalue weighted by Gasteiger charge is 2.37. The van der Waals surface area contributed by atoms with Gasteiger partial charge in [0.25, 0.3) is 11.8 Å². The number of carbonyl (C=O) groups excluding carboxylic acids is 4. The molecule has 1 aliphatic heterocycles. The molecule has 3 N–H and O–H groups in total. The fourth-order valence-electron chi connectivity index (χ4n) is 4.04. The quantitative estimate of drug-likeness (QED) is 0.221. The van der Waals surface area contributed by atoms with Crippen molar-refractivity contribution in [3.05, 3.63) is 71.8 Å². The minimum Gasteiger partial charge on any atom is -0.462 e. The summed E-state index contributed by atoms with van der Waals surface area (Å²) in [5.74, 6) is -1.59. The summed E-state index contributed by atoms with van der Waals surface area (Å²) in [5, 5.41) is 2.63. The molecule has 0 spiro atoms. The van der Waals surface area contributed by atoms with Crippen molar-refractivity contribution in [2.75, 3.05) is 22.6 Å². The molecule has 0 bridgehead atoms. The van der Waals surface area contributed by atoms with Gasteiger partial charge in [0, 0.05) is 19.2 Å². The number of carbonyl (C=O) groups is 4. The molecule has 4 aromatic rings. The van der Waals surface area contributed by atoms with E-state index in [0.29, 0.717) is 41.3 Å². The van der Waals surface area contributed by atoms with Crippen molar-refractivity contribution in [2.24, 2.45) is 0 Å². The number of nitrogens with one attached hydrogen (secondary N) is 1. The molecule has 12 heteroatoms. The largest absolute Gasteiger partial charge is 0.462 e. The zero-order valence-corrected chi connectivity index (χ0v) is 19.7. The van der Waals surface area contributed by atoms with Gasteiger partial charge >= 0.3 is 5.97 Å². The first-order valence-corrected chi connectivity index (χ1v) is 11.3. The Morgan fingerprint density at radius 3 is 2.51 bits per heavy atom. The van der Waals surface area contributed by atoms with Crippen molar-refractivity contribution in [1.29, 1.82) is 0 Å². The van der Waals surface area contributed by atoms with Crippen LogP contribution in [0.2, 0.25) is 0 Å². The Labute approximate surface area is 210 Å². The summed E-state index contributed by atoms with van der Waals surface area (Å²) in [5.41, 5.74) is 8.26. The average Bonchev–Trinajstić information content (AvgIpc) is 3.41. The van der Waals surface area contributed by atoms with Crippen molar-refractivity contribution in [3.8, 4) is 0 Å². The molecule has 186 valence electrons. The number of hydrogen-bond donors (Lipinski definition) is 2. The predicted octanol–water partition coefficient (Wildman–Crippen LogP) is 2.41. The van der Waals surface area contributed by atoms with Crippen LogP contribution in [0.1, 0.15) is 44.4 Å². The van der Waals surface area contributed by atoms with Crippen molar-refractivity contribution in [1.82, 2.24) is 19.5 Å². The first kappa shape index (κ1) is 23.6. The lowest BCUT2D eigenvalue weighted by molar-refractivity contribution is -0.114. The van der Waals surface area contributed by atoms with Gasteiger partial charge in [0.1, 0.15) is 11.8 Å². The van der Waals surface area contributed by atoms with Gasteiger partial charge in [0.05, 0.1) is 35.3 Å². The highest BCUT2D eigenvalue weighted by atomic mass is 16.5. The minimum atomic E-state index is -0.608. The van der Waals surface area contributed by atoms with E-state index in [9.17, 15) is 19.2 Å². The third-order valence-electron chi connectivity index (χ3n) is 5.77. The molecule has 2 aromatic carbocycles. The summed E-state index contributed by atoms with van der Waals surface area (Å²) in [6, 6.07) is 10.6. The second kappa shape index (κ2) is 9.49. The summed E-state index contributed by atoms with van der Waals surface area (Å²) in [6.45, 7) is 2.00. The number of rotatable bonds is 7. The fraction of sp³-hybridized carbons (Fsp3) is 0.160. The lowest BCUT2D eigenvalue weighted by Gasteiger charge is -2.14. The molecule has 0 saturated heterocycles. The zero-order chi connectivity index (χ0) is 26.1. The highest BCUT2D eigenvalue weighted by Crippen LogP contribution is 2.30. The number of imidazole rings is 1. The number of amides is 3. The Bertz CT molecular complexity index is 1560. The number of hydrogen-bond acceptors (Lipinski definition) is 9. The molecule has 0 fully saturated rings. The zero-order valence-electron chi connectivity index (χ0n) is 19.7. The van der Waals surface area contributed by atoms with Gasteiger partial charge in [-0.1, -0.05) is 0 Å². The SMILES string of the molecule is CC(=O)Nc1ccc(N2C(=O)c3ccc(C(=O)OCCCn4cnc5c(N)ncnc54)cc3C2=O)cc1. The summed E-state index contributed by atoms with van der Waals surface area (Å²) in [7, 11) is 0. The van der Waals surface area contributed by atoms with Crippen LogP contribution in [-0.2, 0) is 16.1 Å². The van der Waals surface area contributed by atoms with Gasteiger partial charge < -0.3 is 20.4 Å². The normalized spacial score (nSPS) is 12.6. The molecule has 1 aliphatic rings. The Morgan fingerprint density at radius 2 is 1.76 bits per heavy atom. The van der Waals surface area contributed by atoms with E-state index in [0.717, 1.165) is 4.90 Å². The van der Waals surface area contributed by atoms with Crippen LogP contribution in [0.3, 0.4) is 0 Å². The standard InChI is InChI=1S/C25H21N7O5/c1-14(33)30-16-4-6-17(7-5-16)32-23(34)18-8-3-15(11-19(18)24(32)35)25(36)37-10-2-9-31-13-29-20-21(26)27-12-28-22(20)31/h3-8,11-13H,2,9-10H2,1H3,(H,30,33)(H2,26,27,28). The Kier molecular flexibility index (Phi) is 6.05. The number of nitrogen functional groups attached to an aromatic ring is 1. The monoisotopic (exact) mass is 499 g/mol. The maximum Gasteiger partial charge on any atom is 0.338 e. The summed E-state index contributed by atoms with van der Waals surface area (Å²) >= 11 is 0. The van der Waals surface area contributed by atoms with Gasteiger partial charge in [-0.3, -0.25) is 14.4 Å². The fourth-order valence-corrected chi connectivity index (χ4v) is 4.04. The van der Waals surface area contributed by atoms with Gasteiger partial charge in [-0.05, 0) is 48.9 Å². The van der Waals surface area contributed by atoms with E-state index in [1.54, 1.807) is 35.2 Å². The average molecular weight is 499 g/mol. The lowest BCUT2D eigenvalue weighted by Crippen LogP contribution is -2.29. The van der Waals surface area contributed by atoms with Crippen molar-refractivity contribution in [3.63, 3.8) is 0 Å². The molecular formula is C25H21N7O5. The molecule has 3 amide bonds. The number of benzene rings is 2. The first-order valence-electron chi connectivity index (χ1n) is 11.3. The van der Waals surface area contributed by atoms with E-state index in [-0.39, 0.29) is 29.2 Å². The first-order chi connectivity index (χ1) is 17.8. The van der Waals surface area contributed by atoms with Crippen LogP contribution >= 0.6 is 0 Å². The Balaban J connectivity index is 1.23. The number of aromatic nitrogens is 4. The molecule has 0 aliphatic carbocycles. The van der Waals surface area contributed by atoms with E-state index >= 15 is 0 Å². The maximum atomic E-state index is 13.0. The molecule has 0 radical (unpaired) electrons. The van der Waals surface area contributed by atoms with Gasteiger partial charge in [-0.2, -0.15) is 0 Å². The van der Waals surface area contributed by atoms with Crippen molar-refractivity contribution in [2.45, 2.75) is 19.9 Å². The molecule has 12 nitrogen and oxygen atoms in total. The molecule has 0 unspecified atom stereocenters. The summed E-state index contributed by atoms with van der Waals surface area (Å²) < 4.78 is 7.16. The third kappa shape index (κ3) is 4.47. The van der Waals surface area contributed by atoms with Crippen LogP contribution in [0.5, 0.6) is 0 Å². The smallest absolute Gasteiger partial charge is 0.338 e. The predicted molar refractivity (Wildman–Crippen MR) is 133 cm³/mol. The number of imide groups is 1. The van der Waals surface area contributed by atoms with Crippen LogP contribution < -0.4 is 16.0 Å². The molecule has 3 heterocycles.